The third-order valence-corrected chi connectivity index (χ3v) is 3.10. The maximum absolute atomic E-state index is 11.1. The fourth-order valence-electron chi connectivity index (χ4n) is 1.88. The van der Waals surface area contributed by atoms with Gasteiger partial charge in [-0.1, -0.05) is 46.0 Å². The third kappa shape index (κ3) is 5.08. The molecule has 0 radical (unpaired) electrons. The molecular weight excluding hydrogens is 252 g/mol. The maximum atomic E-state index is 11.1. The Hall–Kier alpha value is -1.77. The van der Waals surface area contributed by atoms with Gasteiger partial charge in [0, 0.05) is 17.0 Å². The Kier molecular flexibility index (Phi) is 6.85. The molecule has 0 spiro atoms. The van der Waals surface area contributed by atoms with E-state index in [0.29, 0.717) is 11.1 Å². The van der Waals surface area contributed by atoms with Crippen molar-refractivity contribution in [3.8, 4) is 5.75 Å². The minimum absolute atomic E-state index is 0.0968. The predicted octanol–water partition coefficient (Wildman–Crippen LogP) is 4.78. The molecule has 1 aromatic heterocycles. The van der Waals surface area contributed by atoms with Gasteiger partial charge in [0.25, 0.3) is 0 Å². The smallest absolute Gasteiger partial charge is 0.339 e. The van der Waals surface area contributed by atoms with Crippen molar-refractivity contribution in [2.75, 3.05) is 0 Å². The number of aryl methyl sites for hydroxylation is 1. The zero-order chi connectivity index (χ0) is 15.0. The second-order valence-electron chi connectivity index (χ2n) is 5.00. The van der Waals surface area contributed by atoms with Crippen LogP contribution >= 0.6 is 0 Å². The van der Waals surface area contributed by atoms with E-state index in [1.54, 1.807) is 25.1 Å². The number of rotatable bonds is 4. The van der Waals surface area contributed by atoms with E-state index in [0.717, 1.165) is 5.39 Å². The zero-order valence-corrected chi connectivity index (χ0v) is 12.6. The van der Waals surface area contributed by atoms with Crippen molar-refractivity contribution >= 4 is 11.0 Å². The van der Waals surface area contributed by atoms with Gasteiger partial charge in [0.15, 0.2) is 0 Å². The summed E-state index contributed by atoms with van der Waals surface area (Å²) in [4.78, 5) is 11.1. The van der Waals surface area contributed by atoms with E-state index in [1.807, 2.05) is 0 Å². The van der Waals surface area contributed by atoms with E-state index < -0.39 is 0 Å². The van der Waals surface area contributed by atoms with Gasteiger partial charge in [0.05, 0.1) is 0 Å². The number of fused-ring (bicyclic) bond motifs is 1. The van der Waals surface area contributed by atoms with Crippen molar-refractivity contribution in [2.24, 2.45) is 0 Å². The van der Waals surface area contributed by atoms with Crippen LogP contribution in [0.1, 0.15) is 51.5 Å². The Morgan fingerprint density at radius 1 is 1.05 bits per heavy atom. The molecule has 1 N–H and O–H groups in total. The van der Waals surface area contributed by atoms with Gasteiger partial charge in [0.1, 0.15) is 11.3 Å². The van der Waals surface area contributed by atoms with E-state index in [2.05, 4.69) is 13.8 Å². The van der Waals surface area contributed by atoms with Crippen LogP contribution in [0.4, 0.5) is 0 Å². The van der Waals surface area contributed by atoms with Crippen molar-refractivity contribution in [2.45, 2.75) is 52.9 Å². The van der Waals surface area contributed by atoms with Crippen LogP contribution in [0.15, 0.2) is 33.5 Å². The highest BCUT2D eigenvalue weighted by Gasteiger charge is 2.01. The number of phenols is 1. The monoisotopic (exact) mass is 276 g/mol. The van der Waals surface area contributed by atoms with Gasteiger partial charge < -0.3 is 9.52 Å². The number of unbranched alkanes of at least 4 members (excludes halogenated alkanes) is 4. The molecule has 2 rings (SSSR count). The van der Waals surface area contributed by atoms with Crippen LogP contribution in [-0.2, 0) is 0 Å². The normalized spacial score (nSPS) is 10.2. The zero-order valence-electron chi connectivity index (χ0n) is 12.6. The molecule has 1 aromatic carbocycles. The van der Waals surface area contributed by atoms with Crippen molar-refractivity contribution in [1.82, 2.24) is 0 Å². The molecule has 0 aliphatic rings. The first-order chi connectivity index (χ1) is 9.58. The molecule has 0 fully saturated rings. The molecule has 0 aliphatic heterocycles. The number of hydrogen-bond donors (Lipinski definition) is 1. The minimum Gasteiger partial charge on any atom is -0.508 e. The Morgan fingerprint density at radius 2 is 1.70 bits per heavy atom. The van der Waals surface area contributed by atoms with Crippen LogP contribution in [-0.4, -0.2) is 5.11 Å². The standard InChI is InChI=1S/C10H8O3.C7H16/c1-6-4-7-2-3-8(11)5-9(7)13-10(6)12;1-3-5-7-6-4-2/h2-5,11H,1H3;3-7H2,1-2H3. The first-order valence-electron chi connectivity index (χ1n) is 7.32. The Morgan fingerprint density at radius 3 is 2.30 bits per heavy atom. The minimum atomic E-state index is -0.363. The van der Waals surface area contributed by atoms with E-state index in [1.165, 1.54) is 38.2 Å². The average Bonchev–Trinajstić information content (AvgIpc) is 2.42. The SMILES string of the molecule is CCCCCCC.Cc1cc2ccc(O)cc2oc1=O. The quantitative estimate of drug-likeness (QED) is 0.645. The second-order valence-corrected chi connectivity index (χ2v) is 5.00. The number of phenolic OH excluding ortho intramolecular Hbond substituents is 1. The average molecular weight is 276 g/mol. The maximum Gasteiger partial charge on any atom is 0.339 e. The van der Waals surface area contributed by atoms with Crippen molar-refractivity contribution < 1.29 is 9.52 Å². The lowest BCUT2D eigenvalue weighted by atomic mass is 10.2. The van der Waals surface area contributed by atoms with Crippen LogP contribution in [0.3, 0.4) is 0 Å². The summed E-state index contributed by atoms with van der Waals surface area (Å²) in [6, 6.07) is 6.43. The molecule has 0 saturated carbocycles. The molecule has 2 aromatic rings. The molecule has 0 saturated heterocycles. The molecule has 3 nitrogen and oxygen atoms in total. The van der Waals surface area contributed by atoms with Crippen LogP contribution < -0.4 is 5.63 Å². The molecule has 3 heteroatoms. The van der Waals surface area contributed by atoms with Gasteiger partial charge in [0.2, 0.25) is 0 Å². The van der Waals surface area contributed by atoms with Crippen LogP contribution in [0, 0.1) is 6.92 Å². The Balaban J connectivity index is 0.000000246. The van der Waals surface area contributed by atoms with Crippen LogP contribution in [0.5, 0.6) is 5.75 Å². The number of hydrogen-bond acceptors (Lipinski definition) is 3. The predicted molar refractivity (Wildman–Crippen MR) is 83.3 cm³/mol. The van der Waals surface area contributed by atoms with Crippen LogP contribution in [0.25, 0.3) is 11.0 Å². The van der Waals surface area contributed by atoms with Gasteiger partial charge in [-0.05, 0) is 25.1 Å². The van der Waals surface area contributed by atoms with Crippen molar-refractivity contribution in [1.29, 1.82) is 0 Å². The molecule has 0 unspecified atom stereocenters. The Labute approximate surface area is 120 Å². The largest absolute Gasteiger partial charge is 0.508 e. The van der Waals surface area contributed by atoms with E-state index >= 15 is 0 Å². The third-order valence-electron chi connectivity index (χ3n) is 3.10. The topological polar surface area (TPSA) is 50.4 Å². The van der Waals surface area contributed by atoms with Gasteiger partial charge in [-0.2, -0.15) is 0 Å². The van der Waals surface area contributed by atoms with E-state index in [9.17, 15) is 4.79 Å². The second kappa shape index (κ2) is 8.41. The molecule has 0 aliphatic carbocycles. The van der Waals surface area contributed by atoms with Gasteiger partial charge in [-0.25, -0.2) is 4.79 Å². The summed E-state index contributed by atoms with van der Waals surface area (Å²) in [7, 11) is 0. The summed E-state index contributed by atoms with van der Waals surface area (Å²) in [5.74, 6) is 0.0968. The molecule has 0 bridgehead atoms. The summed E-state index contributed by atoms with van der Waals surface area (Å²) in [5, 5.41) is 9.94. The fraction of sp³-hybridized carbons (Fsp3) is 0.471. The first kappa shape index (κ1) is 16.3. The van der Waals surface area contributed by atoms with Gasteiger partial charge in [-0.15, -0.1) is 0 Å². The lowest BCUT2D eigenvalue weighted by Crippen LogP contribution is -2.01. The van der Waals surface area contributed by atoms with Gasteiger partial charge in [-0.3, -0.25) is 0 Å². The summed E-state index contributed by atoms with van der Waals surface area (Å²) >= 11 is 0. The molecule has 1 heterocycles. The highest BCUT2D eigenvalue weighted by Crippen LogP contribution is 2.18. The number of benzene rings is 1. The Bertz CT molecular complexity index is 580. The summed E-state index contributed by atoms with van der Waals surface area (Å²) in [6.07, 6.45) is 7.01. The summed E-state index contributed by atoms with van der Waals surface area (Å²) in [5.41, 5.74) is 0.617. The highest BCUT2D eigenvalue weighted by molar-refractivity contribution is 5.78. The molecule has 110 valence electrons. The molecule has 20 heavy (non-hydrogen) atoms. The van der Waals surface area contributed by atoms with Crippen LogP contribution in [0.2, 0.25) is 0 Å². The molecule has 0 amide bonds. The van der Waals surface area contributed by atoms with Crippen molar-refractivity contribution in [3.63, 3.8) is 0 Å². The molecular formula is C17H24O3. The summed E-state index contributed by atoms with van der Waals surface area (Å²) < 4.78 is 4.96. The van der Waals surface area contributed by atoms with E-state index in [4.69, 9.17) is 9.52 Å². The molecule has 0 atom stereocenters. The first-order valence-corrected chi connectivity index (χ1v) is 7.32. The fourth-order valence-corrected chi connectivity index (χ4v) is 1.88. The van der Waals surface area contributed by atoms with E-state index in [-0.39, 0.29) is 11.4 Å². The lowest BCUT2D eigenvalue weighted by Gasteiger charge is -1.97. The van der Waals surface area contributed by atoms with Crippen molar-refractivity contribution in [3.05, 3.63) is 40.2 Å². The highest BCUT2D eigenvalue weighted by atomic mass is 16.4. The van der Waals surface area contributed by atoms with Gasteiger partial charge >= 0.3 is 5.63 Å². The summed E-state index contributed by atoms with van der Waals surface area (Å²) in [6.45, 7) is 6.18. The lowest BCUT2D eigenvalue weighted by molar-refractivity contribution is 0.473. The number of aromatic hydroxyl groups is 1.